The highest BCUT2D eigenvalue weighted by atomic mass is 35.5. The molecule has 0 aromatic carbocycles. The van der Waals surface area contributed by atoms with Crippen molar-refractivity contribution in [2.75, 3.05) is 62.6 Å². The maximum absolute atomic E-state index is 12.3. The predicted octanol–water partition coefficient (Wildman–Crippen LogP) is 2.03. The summed E-state index contributed by atoms with van der Waals surface area (Å²) >= 11 is 11.3. The molecular formula is C12H29Cl3N3O4PS. The monoisotopic (exact) mass is 447 g/mol. The van der Waals surface area contributed by atoms with Crippen molar-refractivity contribution in [1.82, 2.24) is 9.57 Å². The van der Waals surface area contributed by atoms with E-state index in [2.05, 4.69) is 0 Å². The van der Waals surface area contributed by atoms with E-state index in [1.54, 1.807) is 0 Å². The zero-order valence-corrected chi connectivity index (χ0v) is 18.2. The molecule has 0 rings (SSSR count). The van der Waals surface area contributed by atoms with Crippen LogP contribution in [0.1, 0.15) is 13.8 Å². The Bertz CT molecular complexity index is 460. The molecule has 0 aromatic rings. The highest BCUT2D eigenvalue weighted by Gasteiger charge is 2.27. The van der Waals surface area contributed by atoms with Gasteiger partial charge >= 0.3 is 7.67 Å². The Morgan fingerprint density at radius 2 is 1.54 bits per heavy atom. The number of halogens is 3. The third-order valence-electron chi connectivity index (χ3n) is 3.36. The van der Waals surface area contributed by atoms with Crippen molar-refractivity contribution in [2.45, 2.75) is 13.8 Å². The summed E-state index contributed by atoms with van der Waals surface area (Å²) in [5.74, 6) is 0.276. The Morgan fingerprint density at radius 1 is 1.04 bits per heavy atom. The van der Waals surface area contributed by atoms with Gasteiger partial charge in [-0.1, -0.05) is 13.8 Å². The standard InChI is InChI=1S/C12H28Cl2N3O4PS.ClH/c1-3-16(4-2)9-11-23(19,20)12-10-21-22(15,18)17(7-5-13)8-6-14;/h3-12H2,1-2H3,(H2,15,18);1H. The number of hydrogen-bond donors (Lipinski definition) is 1. The molecule has 1 unspecified atom stereocenters. The van der Waals surface area contributed by atoms with Crippen LogP contribution in [0.3, 0.4) is 0 Å². The Balaban J connectivity index is 0. The first-order valence-corrected chi connectivity index (χ1v) is 12.1. The van der Waals surface area contributed by atoms with Crippen molar-refractivity contribution < 1.29 is 17.5 Å². The van der Waals surface area contributed by atoms with E-state index in [4.69, 9.17) is 33.2 Å². The molecule has 0 radical (unpaired) electrons. The molecule has 0 amide bonds. The molecule has 1 atom stereocenters. The number of rotatable bonds is 14. The first-order valence-electron chi connectivity index (χ1n) is 7.55. The molecule has 24 heavy (non-hydrogen) atoms. The van der Waals surface area contributed by atoms with Crippen LogP contribution < -0.4 is 5.50 Å². The quantitative estimate of drug-likeness (QED) is 0.321. The number of nitrogens with two attached hydrogens (primary N) is 1. The molecule has 0 spiro atoms. The Labute approximate surface area is 162 Å². The highest BCUT2D eigenvalue weighted by Crippen LogP contribution is 2.42. The first-order chi connectivity index (χ1) is 10.7. The van der Waals surface area contributed by atoms with Gasteiger partial charge in [0.05, 0.1) is 18.1 Å². The summed E-state index contributed by atoms with van der Waals surface area (Å²) in [5, 5.41) is 0. The topological polar surface area (TPSA) is 92.9 Å². The summed E-state index contributed by atoms with van der Waals surface area (Å²) in [6, 6.07) is 0. The van der Waals surface area contributed by atoms with E-state index in [0.717, 1.165) is 13.1 Å². The maximum atomic E-state index is 12.3. The van der Waals surface area contributed by atoms with Gasteiger partial charge in [-0.3, -0.25) is 4.57 Å². The van der Waals surface area contributed by atoms with Crippen LogP contribution in [0, 0.1) is 0 Å². The van der Waals surface area contributed by atoms with Gasteiger partial charge in [-0.05, 0) is 13.1 Å². The van der Waals surface area contributed by atoms with Crippen molar-refractivity contribution in [3.63, 3.8) is 0 Å². The number of alkyl halides is 2. The molecule has 0 aromatic heterocycles. The van der Waals surface area contributed by atoms with Gasteiger partial charge in [0.1, 0.15) is 0 Å². The van der Waals surface area contributed by atoms with Gasteiger partial charge in [0.15, 0.2) is 9.84 Å². The summed E-state index contributed by atoms with van der Waals surface area (Å²) in [5.41, 5.74) is 5.67. The van der Waals surface area contributed by atoms with E-state index in [0.29, 0.717) is 6.54 Å². The van der Waals surface area contributed by atoms with Crippen molar-refractivity contribution in [2.24, 2.45) is 5.50 Å². The van der Waals surface area contributed by atoms with Crippen LogP contribution in [-0.2, 0) is 18.9 Å². The molecule has 0 aliphatic heterocycles. The third kappa shape index (κ3) is 11.5. The van der Waals surface area contributed by atoms with Gasteiger partial charge in [0.25, 0.3) is 0 Å². The Morgan fingerprint density at radius 3 is 1.96 bits per heavy atom. The number of hydrogen-bond acceptors (Lipinski definition) is 5. The van der Waals surface area contributed by atoms with E-state index >= 15 is 0 Å². The van der Waals surface area contributed by atoms with E-state index in [-0.39, 0.29) is 55.4 Å². The second kappa shape index (κ2) is 14.0. The van der Waals surface area contributed by atoms with E-state index in [1.807, 2.05) is 18.7 Å². The normalized spacial score (nSPS) is 14.6. The Hall–Kier alpha value is 0.890. The van der Waals surface area contributed by atoms with Crippen molar-refractivity contribution in [3.05, 3.63) is 0 Å². The molecule has 0 fully saturated rings. The zero-order valence-electron chi connectivity index (χ0n) is 14.2. The first kappa shape index (κ1) is 27.1. The average Bonchev–Trinajstić information content (AvgIpc) is 2.47. The van der Waals surface area contributed by atoms with Crippen LogP contribution in [0.15, 0.2) is 0 Å². The zero-order chi connectivity index (χ0) is 17.9. The molecule has 12 heteroatoms. The fraction of sp³-hybridized carbons (Fsp3) is 1.00. The number of nitrogens with zero attached hydrogens (tertiary/aromatic N) is 2. The lowest BCUT2D eigenvalue weighted by Crippen LogP contribution is -2.32. The smallest absolute Gasteiger partial charge is 0.305 e. The van der Waals surface area contributed by atoms with Crippen LogP contribution >= 0.6 is 43.3 Å². The second-order valence-electron chi connectivity index (χ2n) is 4.91. The van der Waals surface area contributed by atoms with Gasteiger partial charge in [-0.25, -0.2) is 18.6 Å². The molecule has 148 valence electrons. The largest absolute Gasteiger partial charge is 0.340 e. The van der Waals surface area contributed by atoms with Gasteiger partial charge in [0, 0.05) is 31.4 Å². The van der Waals surface area contributed by atoms with E-state index < -0.39 is 17.5 Å². The summed E-state index contributed by atoms with van der Waals surface area (Å²) < 4.78 is 42.8. The summed E-state index contributed by atoms with van der Waals surface area (Å²) in [7, 11) is -6.87. The maximum Gasteiger partial charge on any atom is 0.340 e. The van der Waals surface area contributed by atoms with Crippen LogP contribution in [0.2, 0.25) is 0 Å². The number of sulfone groups is 1. The van der Waals surface area contributed by atoms with Gasteiger partial charge in [-0.2, -0.15) is 0 Å². The molecule has 0 saturated heterocycles. The van der Waals surface area contributed by atoms with Crippen molar-refractivity contribution >= 4 is 53.1 Å². The average molecular weight is 449 g/mol. The summed E-state index contributed by atoms with van der Waals surface area (Å²) in [6.07, 6.45) is 0. The lowest BCUT2D eigenvalue weighted by molar-refractivity contribution is 0.280. The molecule has 7 nitrogen and oxygen atoms in total. The SMILES string of the molecule is CCN(CC)CCS(=O)(=O)CCOP(N)(=O)N(CCCl)CCCl.Cl. The molecule has 0 heterocycles. The van der Waals surface area contributed by atoms with Gasteiger partial charge in [-0.15, -0.1) is 35.6 Å². The van der Waals surface area contributed by atoms with E-state index in [1.165, 1.54) is 4.67 Å². The van der Waals surface area contributed by atoms with Crippen molar-refractivity contribution in [3.8, 4) is 0 Å². The molecule has 0 saturated carbocycles. The highest BCUT2D eigenvalue weighted by molar-refractivity contribution is 7.91. The van der Waals surface area contributed by atoms with Crippen LogP contribution in [0.25, 0.3) is 0 Å². The van der Waals surface area contributed by atoms with Crippen molar-refractivity contribution in [1.29, 1.82) is 0 Å². The Kier molecular flexibility index (Phi) is 15.8. The molecule has 0 aliphatic carbocycles. The second-order valence-corrected chi connectivity index (χ2v) is 9.92. The minimum absolute atomic E-state index is 0. The van der Waals surface area contributed by atoms with Gasteiger partial charge < -0.3 is 9.42 Å². The van der Waals surface area contributed by atoms with Gasteiger partial charge in [0.2, 0.25) is 0 Å². The summed E-state index contributed by atoms with van der Waals surface area (Å²) in [6.45, 7) is 6.33. The fourth-order valence-corrected chi connectivity index (χ4v) is 4.99. The fourth-order valence-electron chi connectivity index (χ4n) is 1.87. The van der Waals surface area contributed by atoms with Crippen LogP contribution in [0.4, 0.5) is 0 Å². The molecule has 0 aliphatic rings. The lowest BCUT2D eigenvalue weighted by Gasteiger charge is -2.26. The minimum atomic E-state index is -3.58. The summed E-state index contributed by atoms with van der Waals surface area (Å²) in [4.78, 5) is 2.02. The molecule has 0 bridgehead atoms. The predicted molar refractivity (Wildman–Crippen MR) is 104 cm³/mol. The van der Waals surface area contributed by atoms with Crippen LogP contribution in [0.5, 0.6) is 0 Å². The molecule has 2 N–H and O–H groups in total. The minimum Gasteiger partial charge on any atom is -0.305 e. The van der Waals surface area contributed by atoms with Crippen LogP contribution in [-0.4, -0.2) is 80.6 Å². The third-order valence-corrected chi connectivity index (χ3v) is 7.04. The lowest BCUT2D eigenvalue weighted by atomic mass is 10.5. The molecular weight excluding hydrogens is 420 g/mol. The van der Waals surface area contributed by atoms with E-state index in [9.17, 15) is 13.0 Å².